The van der Waals surface area contributed by atoms with Crippen LogP contribution in [0.5, 0.6) is 0 Å². The number of unbranched alkanes of at least 4 members (excludes halogenated alkanes) is 2. The molecule has 0 bridgehead atoms. The van der Waals surface area contributed by atoms with E-state index in [0.717, 1.165) is 12.8 Å². The summed E-state index contributed by atoms with van der Waals surface area (Å²) in [5.74, 6) is -1.95. The molecule has 1 amide bonds. The standard InChI is InChI=1S/C12H23NO5S/c1-3-4-8-13(2)11(14)10-19(17,18)9-6-5-7-12(15)16/h3-10H2,1-2H3,(H,15,16). The lowest BCUT2D eigenvalue weighted by atomic mass is 10.3. The van der Waals surface area contributed by atoms with Gasteiger partial charge in [-0.15, -0.1) is 0 Å². The zero-order valence-corrected chi connectivity index (χ0v) is 12.4. The summed E-state index contributed by atoms with van der Waals surface area (Å²) in [6.07, 6.45) is 2.34. The van der Waals surface area contributed by atoms with Gasteiger partial charge in [0.2, 0.25) is 5.91 Å². The molecule has 0 unspecified atom stereocenters. The van der Waals surface area contributed by atoms with Crippen LogP contribution in [0.4, 0.5) is 0 Å². The second-order valence-corrected chi connectivity index (χ2v) is 6.80. The number of hydrogen-bond acceptors (Lipinski definition) is 4. The number of carboxylic acids is 1. The molecule has 0 aliphatic carbocycles. The Morgan fingerprint density at radius 3 is 2.32 bits per heavy atom. The summed E-state index contributed by atoms with van der Waals surface area (Å²) in [5, 5.41) is 8.43. The average Bonchev–Trinajstić information content (AvgIpc) is 2.30. The van der Waals surface area contributed by atoms with E-state index in [1.165, 1.54) is 4.90 Å². The van der Waals surface area contributed by atoms with E-state index in [9.17, 15) is 18.0 Å². The highest BCUT2D eigenvalue weighted by Crippen LogP contribution is 2.03. The molecule has 0 heterocycles. The molecule has 0 aromatic heterocycles. The molecule has 0 spiro atoms. The van der Waals surface area contributed by atoms with Crippen LogP contribution in [0.15, 0.2) is 0 Å². The zero-order chi connectivity index (χ0) is 14.9. The molecule has 0 aromatic rings. The fourth-order valence-electron chi connectivity index (χ4n) is 1.49. The van der Waals surface area contributed by atoms with Gasteiger partial charge in [0, 0.05) is 20.0 Å². The third-order valence-corrected chi connectivity index (χ3v) is 4.31. The minimum Gasteiger partial charge on any atom is -0.481 e. The normalized spacial score (nSPS) is 11.3. The van der Waals surface area contributed by atoms with Crippen molar-refractivity contribution in [1.29, 1.82) is 0 Å². The van der Waals surface area contributed by atoms with E-state index >= 15 is 0 Å². The highest BCUT2D eigenvalue weighted by Gasteiger charge is 2.19. The highest BCUT2D eigenvalue weighted by atomic mass is 32.2. The molecule has 0 rings (SSSR count). The fraction of sp³-hybridized carbons (Fsp3) is 0.833. The largest absolute Gasteiger partial charge is 0.481 e. The van der Waals surface area contributed by atoms with Crippen molar-refractivity contribution in [2.75, 3.05) is 25.1 Å². The van der Waals surface area contributed by atoms with Gasteiger partial charge in [-0.3, -0.25) is 9.59 Å². The summed E-state index contributed by atoms with van der Waals surface area (Å²) in [4.78, 5) is 23.4. The number of sulfone groups is 1. The minimum atomic E-state index is -3.43. The van der Waals surface area contributed by atoms with E-state index < -0.39 is 27.5 Å². The van der Waals surface area contributed by atoms with Crippen LogP contribution in [0.2, 0.25) is 0 Å². The lowest BCUT2D eigenvalue weighted by molar-refractivity contribution is -0.137. The quantitative estimate of drug-likeness (QED) is 0.605. The summed E-state index contributed by atoms with van der Waals surface area (Å²) in [7, 11) is -1.84. The number of hydrogen-bond donors (Lipinski definition) is 1. The molecule has 0 radical (unpaired) electrons. The maximum Gasteiger partial charge on any atom is 0.303 e. The molecule has 19 heavy (non-hydrogen) atoms. The fourth-order valence-corrected chi connectivity index (χ4v) is 2.87. The average molecular weight is 293 g/mol. The molecular formula is C12H23NO5S. The number of amides is 1. The summed E-state index contributed by atoms with van der Waals surface area (Å²) in [6.45, 7) is 2.56. The van der Waals surface area contributed by atoms with Gasteiger partial charge in [0.05, 0.1) is 5.75 Å². The lowest BCUT2D eigenvalue weighted by Crippen LogP contribution is -2.34. The Hall–Kier alpha value is -1.11. The van der Waals surface area contributed by atoms with Gasteiger partial charge in [-0.2, -0.15) is 0 Å². The van der Waals surface area contributed by atoms with Crippen molar-refractivity contribution in [2.24, 2.45) is 0 Å². The predicted octanol–water partition coefficient (Wildman–Crippen LogP) is 0.915. The number of nitrogens with zero attached hydrogens (tertiary/aromatic N) is 1. The topological polar surface area (TPSA) is 91.8 Å². The maximum atomic E-state index is 11.7. The first-order chi connectivity index (χ1) is 8.78. The van der Waals surface area contributed by atoms with E-state index in [0.29, 0.717) is 13.0 Å². The predicted molar refractivity (Wildman–Crippen MR) is 72.7 cm³/mol. The van der Waals surface area contributed by atoms with Crippen LogP contribution in [-0.4, -0.2) is 55.4 Å². The molecule has 6 nitrogen and oxygen atoms in total. The van der Waals surface area contributed by atoms with Crippen LogP contribution >= 0.6 is 0 Å². The second-order valence-electron chi connectivity index (χ2n) is 4.61. The number of carbonyl (C=O) groups excluding carboxylic acids is 1. The van der Waals surface area contributed by atoms with E-state index in [1.54, 1.807) is 7.05 Å². The third kappa shape index (κ3) is 9.47. The van der Waals surface area contributed by atoms with Crippen LogP contribution in [0.25, 0.3) is 0 Å². The first-order valence-corrected chi connectivity index (χ1v) is 8.27. The van der Waals surface area contributed by atoms with Crippen molar-refractivity contribution in [3.8, 4) is 0 Å². The molecule has 0 aromatic carbocycles. The number of aliphatic carboxylic acids is 1. The number of carbonyl (C=O) groups is 2. The lowest BCUT2D eigenvalue weighted by Gasteiger charge is -2.16. The monoisotopic (exact) mass is 293 g/mol. The van der Waals surface area contributed by atoms with Crippen molar-refractivity contribution < 1.29 is 23.1 Å². The molecule has 0 fully saturated rings. The van der Waals surface area contributed by atoms with Gasteiger partial charge in [-0.25, -0.2) is 8.42 Å². The van der Waals surface area contributed by atoms with E-state index in [4.69, 9.17) is 5.11 Å². The number of carboxylic acid groups (broad SMARTS) is 1. The van der Waals surface area contributed by atoms with Gasteiger partial charge in [-0.05, 0) is 19.3 Å². The molecule has 0 saturated carbocycles. The Kier molecular flexibility index (Phi) is 8.38. The maximum absolute atomic E-state index is 11.7. The Bertz CT molecular complexity index is 391. The molecule has 112 valence electrons. The van der Waals surface area contributed by atoms with Crippen molar-refractivity contribution in [3.05, 3.63) is 0 Å². The van der Waals surface area contributed by atoms with E-state index in [1.807, 2.05) is 6.92 Å². The summed E-state index contributed by atoms with van der Waals surface area (Å²) in [5.41, 5.74) is 0. The second kappa shape index (κ2) is 8.90. The third-order valence-electron chi connectivity index (χ3n) is 2.71. The molecule has 7 heteroatoms. The van der Waals surface area contributed by atoms with Crippen LogP contribution in [-0.2, 0) is 19.4 Å². The Balaban J connectivity index is 4.07. The SMILES string of the molecule is CCCCN(C)C(=O)CS(=O)(=O)CCCCC(=O)O. The van der Waals surface area contributed by atoms with Gasteiger partial charge in [0.1, 0.15) is 5.75 Å². The number of rotatable bonds is 10. The van der Waals surface area contributed by atoms with Gasteiger partial charge < -0.3 is 10.0 Å². The first-order valence-electron chi connectivity index (χ1n) is 6.44. The van der Waals surface area contributed by atoms with Gasteiger partial charge >= 0.3 is 5.97 Å². The Morgan fingerprint density at radius 2 is 1.79 bits per heavy atom. The van der Waals surface area contributed by atoms with Gasteiger partial charge in [0.15, 0.2) is 9.84 Å². The molecule has 1 N–H and O–H groups in total. The van der Waals surface area contributed by atoms with Crippen LogP contribution in [0.1, 0.15) is 39.0 Å². The molecule has 0 atom stereocenters. The van der Waals surface area contributed by atoms with Crippen LogP contribution < -0.4 is 0 Å². The smallest absolute Gasteiger partial charge is 0.303 e. The van der Waals surface area contributed by atoms with Crippen molar-refractivity contribution in [3.63, 3.8) is 0 Å². The first kappa shape index (κ1) is 17.9. The van der Waals surface area contributed by atoms with Crippen molar-refractivity contribution in [2.45, 2.75) is 39.0 Å². The summed E-state index contributed by atoms with van der Waals surface area (Å²) in [6, 6.07) is 0. The van der Waals surface area contributed by atoms with Gasteiger partial charge in [-0.1, -0.05) is 13.3 Å². The van der Waals surface area contributed by atoms with Crippen LogP contribution in [0.3, 0.4) is 0 Å². The van der Waals surface area contributed by atoms with Crippen LogP contribution in [0, 0.1) is 0 Å². The minimum absolute atomic E-state index is 0.0418. The van der Waals surface area contributed by atoms with E-state index in [-0.39, 0.29) is 18.6 Å². The van der Waals surface area contributed by atoms with E-state index in [2.05, 4.69) is 0 Å². The van der Waals surface area contributed by atoms with Crippen molar-refractivity contribution in [1.82, 2.24) is 4.90 Å². The molecule has 0 aliphatic heterocycles. The molecular weight excluding hydrogens is 270 g/mol. The van der Waals surface area contributed by atoms with Gasteiger partial charge in [0.25, 0.3) is 0 Å². The molecule has 0 aliphatic rings. The Morgan fingerprint density at radius 1 is 1.16 bits per heavy atom. The van der Waals surface area contributed by atoms with Crippen molar-refractivity contribution >= 4 is 21.7 Å². The summed E-state index contributed by atoms with van der Waals surface area (Å²) < 4.78 is 23.3. The zero-order valence-electron chi connectivity index (χ0n) is 11.6. The highest BCUT2D eigenvalue weighted by molar-refractivity contribution is 7.92. The molecule has 0 saturated heterocycles. The summed E-state index contributed by atoms with van der Waals surface area (Å²) >= 11 is 0. The Labute approximate surface area is 114 Å².